The average Bonchev–Trinajstić information content (AvgIpc) is 2.25. The molecule has 0 amide bonds. The van der Waals surface area contributed by atoms with Crippen molar-refractivity contribution >= 4 is 5.97 Å². The van der Waals surface area contributed by atoms with Gasteiger partial charge in [-0.1, -0.05) is 44.1 Å². The van der Waals surface area contributed by atoms with E-state index in [9.17, 15) is 4.79 Å². The highest BCUT2D eigenvalue weighted by molar-refractivity contribution is 5.66. The molecule has 0 bridgehead atoms. The summed E-state index contributed by atoms with van der Waals surface area (Å²) in [6.45, 7) is 2.20. The molecule has 16 heavy (non-hydrogen) atoms. The van der Waals surface area contributed by atoms with E-state index in [0.29, 0.717) is 0 Å². The van der Waals surface area contributed by atoms with Crippen molar-refractivity contribution in [3.63, 3.8) is 0 Å². The van der Waals surface area contributed by atoms with Crippen molar-refractivity contribution in [1.82, 2.24) is 0 Å². The van der Waals surface area contributed by atoms with Gasteiger partial charge in [-0.15, -0.1) is 0 Å². The standard InChI is InChI=1S/C14H24O2/c1-2-3-4-5-6-7-8-9-10-11-12-13-14(15)16/h5-6,9-10H,2-4,7-8,11-13H2,1H3,(H,15,16)/b6-5?,10-9-. The average molecular weight is 224 g/mol. The van der Waals surface area contributed by atoms with Gasteiger partial charge in [-0.2, -0.15) is 0 Å². The second-order valence-electron chi connectivity index (χ2n) is 3.95. The van der Waals surface area contributed by atoms with Gasteiger partial charge < -0.3 is 5.11 Å². The largest absolute Gasteiger partial charge is 0.481 e. The molecule has 0 aromatic rings. The van der Waals surface area contributed by atoms with Gasteiger partial charge in [-0.25, -0.2) is 0 Å². The van der Waals surface area contributed by atoms with Gasteiger partial charge >= 0.3 is 5.97 Å². The molecular formula is C14H24O2. The Bertz CT molecular complexity index is 217. The zero-order valence-corrected chi connectivity index (χ0v) is 10.3. The van der Waals surface area contributed by atoms with E-state index in [-0.39, 0.29) is 6.42 Å². The topological polar surface area (TPSA) is 37.3 Å². The van der Waals surface area contributed by atoms with E-state index in [2.05, 4.69) is 31.2 Å². The molecule has 0 aromatic carbocycles. The summed E-state index contributed by atoms with van der Waals surface area (Å²) in [7, 11) is 0. The molecule has 92 valence electrons. The number of hydrogen-bond donors (Lipinski definition) is 1. The van der Waals surface area contributed by atoms with Crippen LogP contribution in [0.3, 0.4) is 0 Å². The fraction of sp³-hybridized carbons (Fsp3) is 0.643. The number of carboxylic acid groups (broad SMARTS) is 1. The van der Waals surface area contributed by atoms with Gasteiger partial charge in [0.15, 0.2) is 0 Å². The highest BCUT2D eigenvalue weighted by atomic mass is 16.4. The van der Waals surface area contributed by atoms with Gasteiger partial charge in [0, 0.05) is 6.42 Å². The van der Waals surface area contributed by atoms with Crippen molar-refractivity contribution in [2.24, 2.45) is 0 Å². The van der Waals surface area contributed by atoms with Crippen LogP contribution in [0.5, 0.6) is 0 Å². The molecule has 0 fully saturated rings. The Hall–Kier alpha value is -1.05. The number of allylic oxidation sites excluding steroid dienone is 4. The highest BCUT2D eigenvalue weighted by Gasteiger charge is 1.92. The Morgan fingerprint density at radius 2 is 1.44 bits per heavy atom. The Morgan fingerprint density at radius 1 is 0.938 bits per heavy atom. The third-order valence-electron chi connectivity index (χ3n) is 2.32. The molecule has 2 heteroatoms. The zero-order chi connectivity index (χ0) is 12.1. The molecule has 0 aliphatic heterocycles. The second-order valence-corrected chi connectivity index (χ2v) is 3.95. The molecule has 0 atom stereocenters. The maximum Gasteiger partial charge on any atom is 0.303 e. The summed E-state index contributed by atoms with van der Waals surface area (Å²) in [5.41, 5.74) is 0. The van der Waals surface area contributed by atoms with Crippen molar-refractivity contribution in [3.8, 4) is 0 Å². The van der Waals surface area contributed by atoms with E-state index in [1.54, 1.807) is 0 Å². The van der Waals surface area contributed by atoms with E-state index < -0.39 is 5.97 Å². The number of hydrogen-bond acceptors (Lipinski definition) is 1. The molecule has 0 aromatic heterocycles. The predicted octanol–water partition coefficient (Wildman–Crippen LogP) is 4.32. The first-order valence-corrected chi connectivity index (χ1v) is 6.29. The normalized spacial score (nSPS) is 11.6. The van der Waals surface area contributed by atoms with E-state index in [0.717, 1.165) is 25.7 Å². The number of carbonyl (C=O) groups is 1. The lowest BCUT2D eigenvalue weighted by molar-refractivity contribution is -0.137. The first-order chi connectivity index (χ1) is 7.77. The van der Waals surface area contributed by atoms with E-state index in [1.807, 2.05) is 0 Å². The van der Waals surface area contributed by atoms with Crippen molar-refractivity contribution in [1.29, 1.82) is 0 Å². The van der Waals surface area contributed by atoms with E-state index >= 15 is 0 Å². The molecule has 0 heterocycles. The van der Waals surface area contributed by atoms with Crippen LogP contribution in [0.1, 0.15) is 58.3 Å². The molecular weight excluding hydrogens is 200 g/mol. The molecule has 1 N–H and O–H groups in total. The number of carboxylic acids is 1. The molecule has 0 aliphatic rings. The molecule has 0 radical (unpaired) electrons. The lowest BCUT2D eigenvalue weighted by Crippen LogP contribution is -1.92. The van der Waals surface area contributed by atoms with Crippen LogP contribution in [0.15, 0.2) is 24.3 Å². The molecule has 0 unspecified atom stereocenters. The minimum absolute atomic E-state index is 0.279. The predicted molar refractivity (Wildman–Crippen MR) is 68.5 cm³/mol. The summed E-state index contributed by atoms with van der Waals surface area (Å²) in [5, 5.41) is 8.42. The van der Waals surface area contributed by atoms with Gasteiger partial charge in [0.1, 0.15) is 0 Å². The van der Waals surface area contributed by atoms with E-state index in [4.69, 9.17) is 5.11 Å². The molecule has 0 saturated carbocycles. The van der Waals surface area contributed by atoms with Crippen molar-refractivity contribution in [3.05, 3.63) is 24.3 Å². The van der Waals surface area contributed by atoms with Crippen molar-refractivity contribution < 1.29 is 9.90 Å². The Kier molecular flexibility index (Phi) is 11.2. The minimum Gasteiger partial charge on any atom is -0.481 e. The molecule has 0 rings (SSSR count). The monoisotopic (exact) mass is 224 g/mol. The summed E-state index contributed by atoms with van der Waals surface area (Å²) in [4.78, 5) is 10.2. The van der Waals surface area contributed by atoms with Crippen LogP contribution in [0, 0.1) is 0 Å². The van der Waals surface area contributed by atoms with Gasteiger partial charge in [-0.3, -0.25) is 4.79 Å². The summed E-state index contributed by atoms with van der Waals surface area (Å²) < 4.78 is 0. The Labute approximate surface area is 99.1 Å². The zero-order valence-electron chi connectivity index (χ0n) is 10.3. The van der Waals surface area contributed by atoms with Crippen molar-refractivity contribution in [2.75, 3.05) is 0 Å². The lowest BCUT2D eigenvalue weighted by atomic mass is 10.2. The van der Waals surface area contributed by atoms with Crippen LogP contribution >= 0.6 is 0 Å². The quantitative estimate of drug-likeness (QED) is 0.443. The maximum atomic E-state index is 10.2. The minimum atomic E-state index is -0.702. The second kappa shape index (κ2) is 12.0. The SMILES string of the molecule is CCCCC=CCC/C=C\CCCC(=O)O. The van der Waals surface area contributed by atoms with Gasteiger partial charge in [-0.05, 0) is 32.1 Å². The number of aliphatic carboxylic acids is 1. The third-order valence-corrected chi connectivity index (χ3v) is 2.32. The Morgan fingerprint density at radius 3 is 1.94 bits per heavy atom. The van der Waals surface area contributed by atoms with Gasteiger partial charge in [0.05, 0.1) is 0 Å². The third kappa shape index (κ3) is 12.9. The molecule has 0 saturated heterocycles. The first kappa shape index (κ1) is 14.9. The molecule has 2 nitrogen and oxygen atoms in total. The maximum absolute atomic E-state index is 10.2. The van der Waals surface area contributed by atoms with Crippen LogP contribution in [0.25, 0.3) is 0 Å². The fourth-order valence-corrected chi connectivity index (χ4v) is 1.36. The number of unbranched alkanes of at least 4 members (excludes halogenated alkanes) is 4. The van der Waals surface area contributed by atoms with Gasteiger partial charge in [0.2, 0.25) is 0 Å². The summed E-state index contributed by atoms with van der Waals surface area (Å²) in [6.07, 6.45) is 16.5. The molecule has 0 aliphatic carbocycles. The smallest absolute Gasteiger partial charge is 0.303 e. The van der Waals surface area contributed by atoms with Crippen LogP contribution in [0.4, 0.5) is 0 Å². The van der Waals surface area contributed by atoms with Crippen LogP contribution < -0.4 is 0 Å². The number of rotatable bonds is 10. The highest BCUT2D eigenvalue weighted by Crippen LogP contribution is 2.01. The summed E-state index contributed by atoms with van der Waals surface area (Å²) >= 11 is 0. The molecule has 0 spiro atoms. The summed E-state index contributed by atoms with van der Waals surface area (Å²) in [5.74, 6) is -0.702. The van der Waals surface area contributed by atoms with Crippen molar-refractivity contribution in [2.45, 2.75) is 58.3 Å². The van der Waals surface area contributed by atoms with Crippen LogP contribution in [0.2, 0.25) is 0 Å². The van der Waals surface area contributed by atoms with Crippen LogP contribution in [-0.2, 0) is 4.79 Å². The van der Waals surface area contributed by atoms with Gasteiger partial charge in [0.25, 0.3) is 0 Å². The summed E-state index contributed by atoms with van der Waals surface area (Å²) in [6, 6.07) is 0. The lowest BCUT2D eigenvalue weighted by Gasteiger charge is -1.91. The first-order valence-electron chi connectivity index (χ1n) is 6.29. The van der Waals surface area contributed by atoms with E-state index in [1.165, 1.54) is 19.3 Å². The van der Waals surface area contributed by atoms with Crippen LogP contribution in [-0.4, -0.2) is 11.1 Å². The fourth-order valence-electron chi connectivity index (χ4n) is 1.36. The Balaban J connectivity index is 3.21.